The minimum atomic E-state index is -0.874. The Labute approximate surface area is 152 Å². The molecule has 3 rings (SSSR count). The summed E-state index contributed by atoms with van der Waals surface area (Å²) in [7, 11) is 0. The van der Waals surface area contributed by atoms with Gasteiger partial charge in [0.25, 0.3) is 5.91 Å². The quantitative estimate of drug-likeness (QED) is 0.790. The summed E-state index contributed by atoms with van der Waals surface area (Å²) in [6, 6.07) is 11.0. The summed E-state index contributed by atoms with van der Waals surface area (Å²) < 4.78 is 11.0. The van der Waals surface area contributed by atoms with Crippen LogP contribution in [0.25, 0.3) is 0 Å². The van der Waals surface area contributed by atoms with Gasteiger partial charge in [0.2, 0.25) is 0 Å². The van der Waals surface area contributed by atoms with Crippen molar-refractivity contribution in [3.05, 3.63) is 54.0 Å². The highest BCUT2D eigenvalue weighted by molar-refractivity contribution is 5.93. The summed E-state index contributed by atoms with van der Waals surface area (Å²) in [4.78, 5) is 24.2. The van der Waals surface area contributed by atoms with Crippen LogP contribution in [0.2, 0.25) is 0 Å². The van der Waals surface area contributed by atoms with Crippen molar-refractivity contribution in [2.24, 2.45) is 5.41 Å². The lowest BCUT2D eigenvalue weighted by Crippen LogP contribution is -2.44. The van der Waals surface area contributed by atoms with E-state index in [0.29, 0.717) is 24.2 Å². The van der Waals surface area contributed by atoms with E-state index in [1.807, 2.05) is 30.3 Å². The molecule has 0 unspecified atom stereocenters. The van der Waals surface area contributed by atoms with Gasteiger partial charge in [-0.15, -0.1) is 0 Å². The van der Waals surface area contributed by atoms with Gasteiger partial charge >= 0.3 is 5.97 Å². The smallest absolute Gasteiger partial charge is 0.311 e. The van der Waals surface area contributed by atoms with Crippen LogP contribution in [-0.2, 0) is 11.4 Å². The van der Waals surface area contributed by atoms with E-state index in [4.69, 9.17) is 9.15 Å². The number of rotatable bonds is 7. The SMILES string of the molecule is O=C(NCC1(C(=O)O)CCCCC1)c1occc1COc1ccccc1. The molecule has 0 bridgehead atoms. The molecule has 26 heavy (non-hydrogen) atoms. The van der Waals surface area contributed by atoms with Crippen molar-refractivity contribution in [2.45, 2.75) is 38.7 Å². The van der Waals surface area contributed by atoms with Gasteiger partial charge in [-0.3, -0.25) is 9.59 Å². The number of ether oxygens (including phenoxy) is 1. The third kappa shape index (κ3) is 4.07. The average Bonchev–Trinajstić information content (AvgIpc) is 3.14. The molecule has 2 N–H and O–H groups in total. The van der Waals surface area contributed by atoms with Gasteiger partial charge in [0.1, 0.15) is 12.4 Å². The van der Waals surface area contributed by atoms with Gasteiger partial charge in [-0.05, 0) is 31.0 Å². The Morgan fingerprint density at radius 2 is 1.85 bits per heavy atom. The number of hydrogen-bond acceptors (Lipinski definition) is 4. The maximum Gasteiger partial charge on any atom is 0.311 e. The van der Waals surface area contributed by atoms with E-state index in [-0.39, 0.29) is 18.9 Å². The zero-order valence-electron chi connectivity index (χ0n) is 14.6. The Balaban J connectivity index is 1.61. The lowest BCUT2D eigenvalue weighted by Gasteiger charge is -2.33. The predicted octanol–water partition coefficient (Wildman–Crippen LogP) is 3.62. The summed E-state index contributed by atoms with van der Waals surface area (Å²) in [5, 5.41) is 12.3. The standard InChI is InChI=1S/C20H23NO5/c22-18(21-14-20(19(23)24)10-5-2-6-11-20)17-15(9-12-25-17)13-26-16-7-3-1-4-8-16/h1,3-4,7-9,12H,2,5-6,10-11,13-14H2,(H,21,22)(H,23,24). The molecule has 1 amide bonds. The minimum absolute atomic E-state index is 0.112. The molecule has 1 aliphatic carbocycles. The molecule has 6 heteroatoms. The number of aliphatic carboxylic acids is 1. The van der Waals surface area contributed by atoms with Gasteiger partial charge in [0, 0.05) is 12.1 Å². The largest absolute Gasteiger partial charge is 0.489 e. The van der Waals surface area contributed by atoms with Crippen LogP contribution in [0.1, 0.15) is 48.2 Å². The maximum atomic E-state index is 12.5. The molecule has 1 fully saturated rings. The Bertz CT molecular complexity index is 747. The van der Waals surface area contributed by atoms with Crippen LogP contribution in [-0.4, -0.2) is 23.5 Å². The number of carboxylic acid groups (broad SMARTS) is 1. The fourth-order valence-corrected chi connectivity index (χ4v) is 3.35. The highest BCUT2D eigenvalue weighted by Gasteiger charge is 2.40. The van der Waals surface area contributed by atoms with E-state index in [0.717, 1.165) is 19.3 Å². The van der Waals surface area contributed by atoms with E-state index >= 15 is 0 Å². The second-order valence-electron chi connectivity index (χ2n) is 6.71. The summed E-state index contributed by atoms with van der Waals surface area (Å²) in [6.45, 7) is 0.314. The normalized spacial score (nSPS) is 16.0. The highest BCUT2D eigenvalue weighted by atomic mass is 16.5. The molecule has 0 radical (unpaired) electrons. The van der Waals surface area contributed by atoms with Gasteiger partial charge in [0.15, 0.2) is 5.76 Å². The van der Waals surface area contributed by atoms with Crippen LogP contribution >= 0.6 is 0 Å². The number of nitrogens with one attached hydrogen (secondary N) is 1. The number of carbonyl (C=O) groups is 2. The summed E-state index contributed by atoms with van der Waals surface area (Å²) in [5.41, 5.74) is -0.249. The van der Waals surface area contributed by atoms with Crippen LogP contribution in [0.4, 0.5) is 0 Å². The molecule has 1 aliphatic rings. The van der Waals surface area contributed by atoms with Crippen LogP contribution in [0.5, 0.6) is 5.75 Å². The molecule has 0 spiro atoms. The number of para-hydroxylation sites is 1. The Morgan fingerprint density at radius 1 is 1.12 bits per heavy atom. The molecular formula is C20H23NO5. The van der Waals surface area contributed by atoms with Gasteiger partial charge in [-0.2, -0.15) is 0 Å². The van der Waals surface area contributed by atoms with E-state index in [9.17, 15) is 14.7 Å². The molecule has 1 aromatic heterocycles. The van der Waals surface area contributed by atoms with E-state index < -0.39 is 17.3 Å². The zero-order valence-corrected chi connectivity index (χ0v) is 14.6. The monoisotopic (exact) mass is 357 g/mol. The highest BCUT2D eigenvalue weighted by Crippen LogP contribution is 2.36. The first-order valence-electron chi connectivity index (χ1n) is 8.86. The van der Waals surface area contributed by atoms with Crippen molar-refractivity contribution < 1.29 is 23.8 Å². The van der Waals surface area contributed by atoms with Crippen molar-refractivity contribution in [3.63, 3.8) is 0 Å². The first-order chi connectivity index (χ1) is 12.6. The van der Waals surface area contributed by atoms with Crippen LogP contribution in [0, 0.1) is 5.41 Å². The van der Waals surface area contributed by atoms with Crippen LogP contribution in [0.15, 0.2) is 47.1 Å². The van der Waals surface area contributed by atoms with Crippen molar-refractivity contribution in [1.82, 2.24) is 5.32 Å². The molecule has 0 aliphatic heterocycles. The Kier molecular flexibility index (Phi) is 5.61. The lowest BCUT2D eigenvalue weighted by molar-refractivity contribution is -0.150. The number of furan rings is 1. The first-order valence-corrected chi connectivity index (χ1v) is 8.86. The molecule has 0 atom stereocenters. The summed E-state index contributed by atoms with van der Waals surface area (Å²) in [6.07, 6.45) is 5.40. The lowest BCUT2D eigenvalue weighted by atomic mass is 9.74. The number of carbonyl (C=O) groups excluding carboxylic acids is 1. The van der Waals surface area contributed by atoms with Gasteiger partial charge in [-0.1, -0.05) is 37.5 Å². The summed E-state index contributed by atoms with van der Waals surface area (Å²) >= 11 is 0. The topological polar surface area (TPSA) is 88.8 Å². The molecule has 138 valence electrons. The Hall–Kier alpha value is -2.76. The second kappa shape index (κ2) is 8.08. The molecule has 6 nitrogen and oxygen atoms in total. The molecule has 0 saturated heterocycles. The number of carboxylic acids is 1. The third-order valence-corrected chi connectivity index (χ3v) is 4.94. The fraction of sp³-hybridized carbons (Fsp3) is 0.400. The van der Waals surface area contributed by atoms with E-state index in [1.165, 1.54) is 6.26 Å². The second-order valence-corrected chi connectivity index (χ2v) is 6.71. The minimum Gasteiger partial charge on any atom is -0.489 e. The summed E-state index contributed by atoms with van der Waals surface area (Å²) in [5.74, 6) is -0.387. The molecular weight excluding hydrogens is 334 g/mol. The van der Waals surface area contributed by atoms with Gasteiger partial charge in [-0.25, -0.2) is 0 Å². The fourth-order valence-electron chi connectivity index (χ4n) is 3.35. The van der Waals surface area contributed by atoms with Gasteiger partial charge < -0.3 is 19.6 Å². The van der Waals surface area contributed by atoms with Crippen molar-refractivity contribution in [1.29, 1.82) is 0 Å². The average molecular weight is 357 g/mol. The van der Waals surface area contributed by atoms with Crippen LogP contribution in [0.3, 0.4) is 0 Å². The maximum absolute atomic E-state index is 12.5. The first kappa shape index (κ1) is 18.0. The number of benzene rings is 1. The van der Waals surface area contributed by atoms with Crippen molar-refractivity contribution >= 4 is 11.9 Å². The molecule has 1 saturated carbocycles. The Morgan fingerprint density at radius 3 is 2.54 bits per heavy atom. The molecule has 2 aromatic rings. The van der Waals surface area contributed by atoms with Gasteiger partial charge in [0.05, 0.1) is 11.7 Å². The number of amides is 1. The molecule has 1 aromatic carbocycles. The molecule has 1 heterocycles. The number of hydrogen-bond donors (Lipinski definition) is 2. The predicted molar refractivity (Wildman–Crippen MR) is 95.0 cm³/mol. The third-order valence-electron chi connectivity index (χ3n) is 4.94. The van der Waals surface area contributed by atoms with Crippen molar-refractivity contribution in [2.75, 3.05) is 6.54 Å². The van der Waals surface area contributed by atoms with E-state index in [1.54, 1.807) is 6.07 Å². The van der Waals surface area contributed by atoms with Crippen molar-refractivity contribution in [3.8, 4) is 5.75 Å². The van der Waals surface area contributed by atoms with Crippen LogP contribution < -0.4 is 10.1 Å². The van der Waals surface area contributed by atoms with E-state index in [2.05, 4.69) is 5.32 Å². The zero-order chi connectivity index (χ0) is 18.4.